The van der Waals surface area contributed by atoms with E-state index in [9.17, 15) is 22.7 Å². The first-order valence-corrected chi connectivity index (χ1v) is 8.29. The highest BCUT2D eigenvalue weighted by Crippen LogP contribution is 2.30. The Morgan fingerprint density at radius 3 is 2.38 bits per heavy atom. The van der Waals surface area contributed by atoms with Crippen molar-refractivity contribution in [3.63, 3.8) is 0 Å². The minimum absolute atomic E-state index is 0.0843. The van der Waals surface area contributed by atoms with Crippen LogP contribution in [-0.4, -0.2) is 37.0 Å². The number of hydrogen-bond acceptors (Lipinski definition) is 4. The fourth-order valence-corrected chi connectivity index (χ4v) is 3.16. The zero-order valence-corrected chi connectivity index (χ0v) is 12.9. The second kappa shape index (κ2) is 6.53. The largest absolute Gasteiger partial charge is 0.481 e. The molecule has 1 aromatic rings. The highest BCUT2D eigenvalue weighted by molar-refractivity contribution is 7.91. The van der Waals surface area contributed by atoms with E-state index < -0.39 is 32.3 Å². The van der Waals surface area contributed by atoms with E-state index in [1.807, 2.05) is 0 Å². The summed E-state index contributed by atoms with van der Waals surface area (Å²) in [5.41, 5.74) is 3.75. The fourth-order valence-electron chi connectivity index (χ4n) is 2.06. The highest BCUT2D eigenvalue weighted by atomic mass is 32.2. The Morgan fingerprint density at radius 1 is 1.38 bits per heavy atom. The summed E-state index contributed by atoms with van der Waals surface area (Å²) >= 11 is 0. The lowest BCUT2D eigenvalue weighted by atomic mass is 9.78. The maximum Gasteiger partial charge on any atom is 0.315 e. The molecule has 0 aliphatic carbocycles. The predicted octanol–water partition coefficient (Wildman–Crippen LogP) is 1.32. The van der Waals surface area contributed by atoms with Gasteiger partial charge in [-0.3, -0.25) is 4.79 Å². The molecule has 0 saturated heterocycles. The van der Waals surface area contributed by atoms with E-state index in [1.54, 1.807) is 0 Å². The summed E-state index contributed by atoms with van der Waals surface area (Å²) in [6.07, 6.45) is -0.264. The van der Waals surface area contributed by atoms with Gasteiger partial charge in [0.1, 0.15) is 11.2 Å². The van der Waals surface area contributed by atoms with Gasteiger partial charge in [0, 0.05) is 12.1 Å². The van der Waals surface area contributed by atoms with Crippen LogP contribution in [0.5, 0.6) is 0 Å². The number of carboxylic acids is 1. The number of carbonyl (C=O) groups is 1. The van der Waals surface area contributed by atoms with Crippen molar-refractivity contribution in [1.82, 2.24) is 0 Å². The number of hydrogen-bond donors (Lipinski definition) is 2. The molecule has 0 amide bonds. The first-order valence-electron chi connectivity index (χ1n) is 6.57. The normalized spacial score (nSPS) is 14.9. The molecule has 0 saturated carbocycles. The number of aliphatic carboxylic acids is 1. The second-order valence-electron chi connectivity index (χ2n) is 5.24. The molecule has 5 nitrogen and oxygen atoms in total. The Labute approximate surface area is 123 Å². The predicted molar refractivity (Wildman–Crippen MR) is 78.3 cm³/mol. The molecular formula is C14H20FNO4S. The standard InChI is InChI=1S/C14H20FNO4S/c1-10(2)21(19,20)8-7-14(9-16,13(17)18)11-5-3-4-6-12(11)15/h3-6,10H,7-9,16H2,1-2H3,(H,17,18). The van der Waals surface area contributed by atoms with Crippen molar-refractivity contribution < 1.29 is 22.7 Å². The summed E-state index contributed by atoms with van der Waals surface area (Å²) in [6, 6.07) is 5.41. The van der Waals surface area contributed by atoms with Crippen molar-refractivity contribution in [2.75, 3.05) is 12.3 Å². The maximum atomic E-state index is 13.9. The molecule has 118 valence electrons. The number of rotatable bonds is 7. The number of sulfone groups is 1. The SMILES string of the molecule is CC(C)S(=O)(=O)CCC(CN)(C(=O)O)c1ccccc1F. The van der Waals surface area contributed by atoms with Gasteiger partial charge in [-0.25, -0.2) is 12.8 Å². The van der Waals surface area contributed by atoms with Gasteiger partial charge in [0.15, 0.2) is 9.84 Å². The number of halogens is 1. The highest BCUT2D eigenvalue weighted by Gasteiger charge is 2.42. The third-order valence-corrected chi connectivity index (χ3v) is 5.89. The van der Waals surface area contributed by atoms with Gasteiger partial charge < -0.3 is 10.8 Å². The molecule has 0 spiro atoms. The van der Waals surface area contributed by atoms with Crippen LogP contribution in [-0.2, 0) is 20.0 Å². The molecule has 0 aliphatic rings. The number of benzene rings is 1. The zero-order valence-electron chi connectivity index (χ0n) is 12.0. The summed E-state index contributed by atoms with van der Waals surface area (Å²) in [5, 5.41) is 8.87. The molecule has 0 heterocycles. The Kier molecular flexibility index (Phi) is 5.47. The van der Waals surface area contributed by atoms with E-state index in [4.69, 9.17) is 5.73 Å². The average Bonchev–Trinajstić information content (AvgIpc) is 2.41. The molecular weight excluding hydrogens is 297 g/mol. The van der Waals surface area contributed by atoms with Crippen molar-refractivity contribution >= 4 is 15.8 Å². The molecule has 0 aliphatic heterocycles. The lowest BCUT2D eigenvalue weighted by Crippen LogP contribution is -2.45. The first kappa shape index (κ1) is 17.6. The van der Waals surface area contributed by atoms with Crippen LogP contribution in [0.25, 0.3) is 0 Å². The van der Waals surface area contributed by atoms with Crippen molar-refractivity contribution in [1.29, 1.82) is 0 Å². The summed E-state index contributed by atoms with van der Waals surface area (Å²) in [4.78, 5) is 11.7. The lowest BCUT2D eigenvalue weighted by molar-refractivity contribution is -0.143. The second-order valence-corrected chi connectivity index (χ2v) is 7.91. The Hall–Kier alpha value is -1.47. The van der Waals surface area contributed by atoms with E-state index >= 15 is 0 Å². The molecule has 0 bridgehead atoms. The molecule has 1 unspecified atom stereocenters. The summed E-state index contributed by atoms with van der Waals surface area (Å²) in [7, 11) is -3.44. The zero-order chi connectivity index (χ0) is 16.3. The third-order valence-electron chi connectivity index (χ3n) is 3.68. The molecule has 0 aromatic heterocycles. The van der Waals surface area contributed by atoms with E-state index in [0.29, 0.717) is 0 Å². The van der Waals surface area contributed by atoms with Gasteiger partial charge in [-0.2, -0.15) is 0 Å². The van der Waals surface area contributed by atoms with Gasteiger partial charge in [-0.05, 0) is 26.3 Å². The molecule has 0 fully saturated rings. The third kappa shape index (κ3) is 3.59. The lowest BCUT2D eigenvalue weighted by Gasteiger charge is -2.29. The Morgan fingerprint density at radius 2 is 1.95 bits per heavy atom. The van der Waals surface area contributed by atoms with Crippen molar-refractivity contribution in [2.45, 2.75) is 30.9 Å². The van der Waals surface area contributed by atoms with E-state index in [1.165, 1.54) is 32.0 Å². The number of carboxylic acid groups (broad SMARTS) is 1. The van der Waals surface area contributed by atoms with Gasteiger partial charge in [0.25, 0.3) is 0 Å². The van der Waals surface area contributed by atoms with Crippen LogP contribution in [0.3, 0.4) is 0 Å². The van der Waals surface area contributed by atoms with Crippen molar-refractivity contribution in [3.8, 4) is 0 Å². The molecule has 7 heteroatoms. The van der Waals surface area contributed by atoms with Crippen LogP contribution in [0.15, 0.2) is 24.3 Å². The van der Waals surface area contributed by atoms with Crippen LogP contribution in [0.1, 0.15) is 25.8 Å². The quantitative estimate of drug-likeness (QED) is 0.790. The van der Waals surface area contributed by atoms with Crippen LogP contribution >= 0.6 is 0 Å². The van der Waals surface area contributed by atoms with Gasteiger partial charge in [0.2, 0.25) is 0 Å². The van der Waals surface area contributed by atoms with Crippen molar-refractivity contribution in [2.24, 2.45) is 5.73 Å². The molecule has 0 radical (unpaired) electrons. The summed E-state index contributed by atoms with van der Waals surface area (Å²) in [6.45, 7) is 2.66. The molecule has 1 atom stereocenters. The van der Waals surface area contributed by atoms with Gasteiger partial charge in [0.05, 0.1) is 11.0 Å². The summed E-state index contributed by atoms with van der Waals surface area (Å²) in [5.74, 6) is -2.39. The van der Waals surface area contributed by atoms with Crippen LogP contribution < -0.4 is 5.73 Å². The van der Waals surface area contributed by atoms with E-state index in [2.05, 4.69) is 0 Å². The minimum atomic E-state index is -3.44. The first-order chi connectivity index (χ1) is 9.67. The smallest absolute Gasteiger partial charge is 0.315 e. The van der Waals surface area contributed by atoms with Crippen molar-refractivity contribution in [3.05, 3.63) is 35.6 Å². The molecule has 21 heavy (non-hydrogen) atoms. The molecule has 3 N–H and O–H groups in total. The molecule has 1 rings (SSSR count). The average molecular weight is 317 g/mol. The van der Waals surface area contributed by atoms with E-state index in [-0.39, 0.29) is 24.3 Å². The topological polar surface area (TPSA) is 97.5 Å². The van der Waals surface area contributed by atoms with Gasteiger partial charge in [-0.1, -0.05) is 18.2 Å². The van der Waals surface area contributed by atoms with Gasteiger partial charge in [-0.15, -0.1) is 0 Å². The van der Waals surface area contributed by atoms with Gasteiger partial charge >= 0.3 is 5.97 Å². The maximum absolute atomic E-state index is 13.9. The van der Waals surface area contributed by atoms with E-state index in [0.717, 1.165) is 6.07 Å². The van der Waals surface area contributed by atoms with Crippen LogP contribution in [0.2, 0.25) is 0 Å². The fraction of sp³-hybridized carbons (Fsp3) is 0.500. The molecule has 1 aromatic carbocycles. The Bertz CT molecular complexity index is 615. The number of nitrogens with two attached hydrogens (primary N) is 1. The van der Waals surface area contributed by atoms with Crippen LogP contribution in [0, 0.1) is 5.82 Å². The minimum Gasteiger partial charge on any atom is -0.481 e. The summed E-state index contributed by atoms with van der Waals surface area (Å²) < 4.78 is 37.8. The van der Waals surface area contributed by atoms with Crippen LogP contribution in [0.4, 0.5) is 4.39 Å². The Balaban J connectivity index is 3.24. The monoisotopic (exact) mass is 317 g/mol.